The van der Waals surface area contributed by atoms with E-state index in [0.29, 0.717) is 0 Å². The van der Waals surface area contributed by atoms with Gasteiger partial charge in [-0.2, -0.15) is 0 Å². The third-order valence-electron chi connectivity index (χ3n) is 2.62. The molecule has 104 valence electrons. The van der Waals surface area contributed by atoms with E-state index >= 15 is 0 Å². The molecular weight excluding hydrogens is 274 g/mol. The van der Waals surface area contributed by atoms with Gasteiger partial charge in [0.15, 0.2) is 5.16 Å². The number of hydrogen-bond donors (Lipinski definition) is 1. The van der Waals surface area contributed by atoms with Gasteiger partial charge in [-0.1, -0.05) is 23.9 Å². The van der Waals surface area contributed by atoms with Gasteiger partial charge in [-0.3, -0.25) is 4.79 Å². The van der Waals surface area contributed by atoms with E-state index in [1.807, 2.05) is 36.6 Å². The zero-order valence-electron chi connectivity index (χ0n) is 11.3. The minimum atomic E-state index is -0.244. The molecule has 0 aliphatic rings. The zero-order chi connectivity index (χ0) is 14.4. The predicted octanol–water partition coefficient (Wildman–Crippen LogP) is 2.66. The lowest BCUT2D eigenvalue weighted by Gasteiger charge is -2.07. The molecule has 1 aromatic heterocycles. The van der Waals surface area contributed by atoms with Gasteiger partial charge < -0.3 is 10.1 Å². The minimum absolute atomic E-state index is 0.244. The third-order valence-corrected chi connectivity index (χ3v) is 3.18. The molecular formula is C14H15N3O2S. The number of rotatable bonds is 5. The second-order valence-corrected chi connectivity index (χ2v) is 4.78. The number of anilines is 2. The maximum Gasteiger partial charge on any atom is 0.309 e. The van der Waals surface area contributed by atoms with Gasteiger partial charge in [-0.05, 0) is 30.0 Å². The van der Waals surface area contributed by atoms with E-state index in [-0.39, 0.29) is 12.4 Å². The van der Waals surface area contributed by atoms with Crippen LogP contribution >= 0.6 is 11.8 Å². The molecule has 0 aliphatic heterocycles. The Labute approximate surface area is 121 Å². The van der Waals surface area contributed by atoms with Crippen LogP contribution in [0.1, 0.15) is 5.56 Å². The number of thioether (sulfide) groups is 1. The smallest absolute Gasteiger partial charge is 0.309 e. The Morgan fingerprint density at radius 1 is 1.30 bits per heavy atom. The lowest BCUT2D eigenvalue weighted by molar-refractivity contribution is -0.139. The van der Waals surface area contributed by atoms with E-state index in [2.05, 4.69) is 20.0 Å². The van der Waals surface area contributed by atoms with Gasteiger partial charge in [0.05, 0.1) is 13.5 Å². The molecule has 0 bridgehead atoms. The molecule has 2 rings (SSSR count). The Balaban J connectivity index is 2.04. The van der Waals surface area contributed by atoms with Crippen molar-refractivity contribution >= 4 is 29.2 Å². The molecule has 2 aromatic rings. The number of ether oxygens (including phenoxy) is 1. The summed E-state index contributed by atoms with van der Waals surface area (Å²) in [6, 6.07) is 9.38. The van der Waals surface area contributed by atoms with Crippen molar-refractivity contribution in [3.8, 4) is 0 Å². The van der Waals surface area contributed by atoms with Crippen LogP contribution in [-0.4, -0.2) is 29.3 Å². The van der Waals surface area contributed by atoms with Gasteiger partial charge in [0.2, 0.25) is 0 Å². The fourth-order valence-electron chi connectivity index (χ4n) is 1.60. The summed E-state index contributed by atoms with van der Waals surface area (Å²) in [4.78, 5) is 19.6. The van der Waals surface area contributed by atoms with Gasteiger partial charge in [-0.25, -0.2) is 9.97 Å². The average molecular weight is 289 g/mol. The van der Waals surface area contributed by atoms with Crippen LogP contribution < -0.4 is 5.32 Å². The summed E-state index contributed by atoms with van der Waals surface area (Å²) in [5.41, 5.74) is 1.82. The predicted molar refractivity (Wildman–Crippen MR) is 79.3 cm³/mol. The van der Waals surface area contributed by atoms with Gasteiger partial charge in [0, 0.05) is 11.9 Å². The molecule has 0 aliphatic carbocycles. The fourth-order valence-corrected chi connectivity index (χ4v) is 1.96. The summed E-state index contributed by atoms with van der Waals surface area (Å²) in [5.74, 6) is 0.496. The molecule has 1 N–H and O–H groups in total. The molecule has 0 saturated carbocycles. The van der Waals surface area contributed by atoms with E-state index in [9.17, 15) is 4.79 Å². The van der Waals surface area contributed by atoms with Crippen molar-refractivity contribution in [2.24, 2.45) is 0 Å². The second kappa shape index (κ2) is 6.91. The lowest BCUT2D eigenvalue weighted by Crippen LogP contribution is -2.04. The number of carbonyl (C=O) groups is 1. The molecule has 0 amide bonds. The van der Waals surface area contributed by atoms with Crippen LogP contribution in [0.15, 0.2) is 41.7 Å². The molecule has 1 heterocycles. The highest BCUT2D eigenvalue weighted by molar-refractivity contribution is 7.98. The highest BCUT2D eigenvalue weighted by Crippen LogP contribution is 2.17. The quantitative estimate of drug-likeness (QED) is 0.518. The zero-order valence-corrected chi connectivity index (χ0v) is 12.1. The second-order valence-electron chi connectivity index (χ2n) is 4.00. The third kappa shape index (κ3) is 3.96. The molecule has 5 nitrogen and oxygen atoms in total. The van der Waals surface area contributed by atoms with Crippen LogP contribution in [0.4, 0.5) is 11.5 Å². The van der Waals surface area contributed by atoms with Crippen LogP contribution in [0.3, 0.4) is 0 Å². The van der Waals surface area contributed by atoms with Crippen molar-refractivity contribution < 1.29 is 9.53 Å². The first-order valence-electron chi connectivity index (χ1n) is 6.01. The maximum absolute atomic E-state index is 11.2. The highest BCUT2D eigenvalue weighted by atomic mass is 32.2. The standard InChI is InChI=1S/C14H15N3O2S/c1-19-13(18)9-10-3-5-11(6-4-10)16-12-7-8-15-14(17-12)20-2/h3-8H,9H2,1-2H3,(H,15,16,17). The van der Waals surface area contributed by atoms with Crippen molar-refractivity contribution in [1.82, 2.24) is 9.97 Å². The molecule has 6 heteroatoms. The summed E-state index contributed by atoms with van der Waals surface area (Å²) in [6.45, 7) is 0. The summed E-state index contributed by atoms with van der Waals surface area (Å²) in [5, 5.41) is 3.91. The average Bonchev–Trinajstić information content (AvgIpc) is 2.49. The number of carbonyl (C=O) groups excluding carboxylic acids is 1. The van der Waals surface area contributed by atoms with Gasteiger partial charge in [-0.15, -0.1) is 0 Å². The Bertz CT molecular complexity index is 587. The van der Waals surface area contributed by atoms with Crippen molar-refractivity contribution in [1.29, 1.82) is 0 Å². The molecule has 1 aromatic carbocycles. The Morgan fingerprint density at radius 3 is 2.70 bits per heavy atom. The van der Waals surface area contributed by atoms with E-state index in [1.165, 1.54) is 18.9 Å². The Morgan fingerprint density at radius 2 is 2.05 bits per heavy atom. The summed E-state index contributed by atoms with van der Waals surface area (Å²) in [7, 11) is 1.39. The molecule has 0 spiro atoms. The van der Waals surface area contributed by atoms with E-state index in [1.54, 1.807) is 6.20 Å². The van der Waals surface area contributed by atoms with Crippen molar-refractivity contribution in [2.45, 2.75) is 11.6 Å². The normalized spacial score (nSPS) is 10.1. The topological polar surface area (TPSA) is 64.1 Å². The van der Waals surface area contributed by atoms with Crippen LogP contribution in [-0.2, 0) is 16.0 Å². The van der Waals surface area contributed by atoms with Crippen LogP contribution in [0.5, 0.6) is 0 Å². The first-order chi connectivity index (χ1) is 9.71. The number of nitrogens with one attached hydrogen (secondary N) is 1. The number of esters is 1. The number of aromatic nitrogens is 2. The maximum atomic E-state index is 11.2. The molecule has 0 fully saturated rings. The van der Waals surface area contributed by atoms with Crippen LogP contribution in [0.2, 0.25) is 0 Å². The largest absolute Gasteiger partial charge is 0.469 e. The number of hydrogen-bond acceptors (Lipinski definition) is 6. The summed E-state index contributed by atoms with van der Waals surface area (Å²) >= 11 is 1.49. The summed E-state index contributed by atoms with van der Waals surface area (Å²) in [6.07, 6.45) is 3.93. The van der Waals surface area contributed by atoms with Crippen molar-refractivity contribution in [3.63, 3.8) is 0 Å². The minimum Gasteiger partial charge on any atom is -0.469 e. The van der Waals surface area contributed by atoms with Crippen molar-refractivity contribution in [3.05, 3.63) is 42.1 Å². The number of methoxy groups -OCH3 is 1. The van der Waals surface area contributed by atoms with E-state index in [4.69, 9.17) is 0 Å². The molecule has 0 unspecified atom stereocenters. The monoisotopic (exact) mass is 289 g/mol. The SMILES string of the molecule is COC(=O)Cc1ccc(Nc2ccnc(SC)n2)cc1. The van der Waals surface area contributed by atoms with Gasteiger partial charge in [0.1, 0.15) is 5.82 Å². The summed E-state index contributed by atoms with van der Waals surface area (Å²) < 4.78 is 4.63. The van der Waals surface area contributed by atoms with E-state index < -0.39 is 0 Å². The lowest BCUT2D eigenvalue weighted by atomic mass is 10.1. The fraction of sp³-hybridized carbons (Fsp3) is 0.214. The van der Waals surface area contributed by atoms with Gasteiger partial charge in [0.25, 0.3) is 0 Å². The van der Waals surface area contributed by atoms with Crippen molar-refractivity contribution in [2.75, 3.05) is 18.7 Å². The van der Waals surface area contributed by atoms with E-state index in [0.717, 1.165) is 22.2 Å². The first kappa shape index (κ1) is 14.3. The van der Waals surface area contributed by atoms with Crippen LogP contribution in [0.25, 0.3) is 0 Å². The van der Waals surface area contributed by atoms with Crippen LogP contribution in [0, 0.1) is 0 Å². The Hall–Kier alpha value is -2.08. The number of nitrogens with zero attached hydrogens (tertiary/aromatic N) is 2. The molecule has 0 saturated heterocycles. The van der Waals surface area contributed by atoms with Gasteiger partial charge >= 0.3 is 5.97 Å². The molecule has 0 radical (unpaired) electrons. The number of benzene rings is 1. The Kier molecular flexibility index (Phi) is 4.95. The molecule has 20 heavy (non-hydrogen) atoms. The first-order valence-corrected chi connectivity index (χ1v) is 7.23. The highest BCUT2D eigenvalue weighted by Gasteiger charge is 2.03. The molecule has 0 atom stereocenters.